The number of benzene rings is 1. The topological polar surface area (TPSA) is 112 Å². The Balaban J connectivity index is 1.41. The summed E-state index contributed by atoms with van der Waals surface area (Å²) in [6.07, 6.45) is 15.6. The lowest BCUT2D eigenvalue weighted by Crippen LogP contribution is -2.47. The molecule has 0 unspecified atom stereocenters. The number of ketones is 2. The third-order valence-corrected chi connectivity index (χ3v) is 9.57. The van der Waals surface area contributed by atoms with Gasteiger partial charge in [0, 0.05) is 55.9 Å². The van der Waals surface area contributed by atoms with Gasteiger partial charge in [0.25, 0.3) is 0 Å². The number of aromatic nitrogens is 5. The molecule has 2 aliphatic rings. The fourth-order valence-electron chi connectivity index (χ4n) is 7.20. The van der Waals surface area contributed by atoms with E-state index in [1.54, 1.807) is 14.1 Å². The summed E-state index contributed by atoms with van der Waals surface area (Å²) in [5.74, 6) is -0.309. The number of fused-ring (bicyclic) bond motifs is 3. The molecule has 0 spiro atoms. The highest BCUT2D eigenvalue weighted by atomic mass is 16.5. The van der Waals surface area contributed by atoms with Crippen molar-refractivity contribution in [2.75, 3.05) is 13.2 Å². The predicted molar refractivity (Wildman–Crippen MR) is 177 cm³/mol. The number of amides is 1. The summed E-state index contributed by atoms with van der Waals surface area (Å²) < 4.78 is 9.72. The Morgan fingerprint density at radius 1 is 0.957 bits per heavy atom. The van der Waals surface area contributed by atoms with Crippen molar-refractivity contribution in [1.82, 2.24) is 29.3 Å². The van der Waals surface area contributed by atoms with Gasteiger partial charge in [0.2, 0.25) is 5.91 Å². The summed E-state index contributed by atoms with van der Waals surface area (Å²) in [4.78, 5) is 46.4. The molecule has 5 heterocycles. The molecular weight excluding hydrogens is 580 g/mol. The summed E-state index contributed by atoms with van der Waals surface area (Å²) in [5.41, 5.74) is 5.70. The summed E-state index contributed by atoms with van der Waals surface area (Å²) in [6.45, 7) is 6.34. The van der Waals surface area contributed by atoms with Crippen molar-refractivity contribution < 1.29 is 19.1 Å². The zero-order valence-electron chi connectivity index (χ0n) is 27.5. The maximum atomic E-state index is 14.0. The first kappa shape index (κ1) is 32.0. The van der Waals surface area contributed by atoms with Crippen molar-refractivity contribution in [2.24, 2.45) is 0 Å². The number of hydrogen-bond donors (Lipinski definition) is 0. The molecule has 0 radical (unpaired) electrons. The zero-order valence-corrected chi connectivity index (χ0v) is 27.5. The molecule has 244 valence electrons. The van der Waals surface area contributed by atoms with Crippen molar-refractivity contribution >= 4 is 34.0 Å². The zero-order chi connectivity index (χ0) is 32.2. The summed E-state index contributed by atoms with van der Waals surface area (Å²) >= 11 is 0. The molecule has 10 heteroatoms. The summed E-state index contributed by atoms with van der Waals surface area (Å²) in [6, 6.07) is 5.50. The first-order valence-electron chi connectivity index (χ1n) is 17.1. The molecule has 2 aliphatic heterocycles. The van der Waals surface area contributed by atoms with Crippen LogP contribution < -0.4 is 0 Å². The van der Waals surface area contributed by atoms with Crippen LogP contribution in [0.3, 0.4) is 0 Å². The van der Waals surface area contributed by atoms with Crippen LogP contribution in [0.25, 0.3) is 27.7 Å². The molecule has 0 saturated carbocycles. The van der Waals surface area contributed by atoms with Crippen LogP contribution in [-0.4, -0.2) is 72.0 Å². The maximum Gasteiger partial charge on any atom is 0.245 e. The summed E-state index contributed by atoms with van der Waals surface area (Å²) in [7, 11) is 0. The first-order chi connectivity index (χ1) is 22.3. The van der Waals surface area contributed by atoms with Crippen LogP contribution in [0.2, 0.25) is 0 Å². The minimum absolute atomic E-state index is 0.0241. The highest BCUT2D eigenvalue weighted by molar-refractivity contribution is 6.07. The number of Topliss-reactive ketones (excluding diaryl/α,β-unsaturated/α-hetero) is 2. The molecule has 10 nitrogen and oxygen atoms in total. The normalized spacial score (nSPS) is 20.8. The largest absolute Gasteiger partial charge is 0.376 e. The Kier molecular flexibility index (Phi) is 9.92. The lowest BCUT2D eigenvalue weighted by molar-refractivity contribution is -0.141. The second-order valence-electron chi connectivity index (χ2n) is 13.0. The molecule has 2 atom stereocenters. The quantitative estimate of drug-likeness (QED) is 0.245. The second-order valence-corrected chi connectivity index (χ2v) is 13.0. The van der Waals surface area contributed by atoms with Crippen LogP contribution >= 0.6 is 0 Å². The molecule has 1 amide bonds. The van der Waals surface area contributed by atoms with E-state index in [-0.39, 0.29) is 30.1 Å². The van der Waals surface area contributed by atoms with Crippen LogP contribution in [0.4, 0.5) is 0 Å². The number of rotatable bonds is 4. The van der Waals surface area contributed by atoms with Gasteiger partial charge in [-0.2, -0.15) is 10.2 Å². The van der Waals surface area contributed by atoms with Gasteiger partial charge in [-0.1, -0.05) is 51.9 Å². The molecule has 1 fully saturated rings. The van der Waals surface area contributed by atoms with E-state index >= 15 is 0 Å². The summed E-state index contributed by atoms with van der Waals surface area (Å²) in [5, 5.41) is 10.0. The first-order valence-corrected chi connectivity index (χ1v) is 17.1. The molecule has 6 rings (SSSR count). The van der Waals surface area contributed by atoms with Gasteiger partial charge in [-0.25, -0.2) is 9.50 Å². The van der Waals surface area contributed by atoms with E-state index in [0.717, 1.165) is 71.0 Å². The lowest BCUT2D eigenvalue weighted by Gasteiger charge is -2.27. The number of hydrogen-bond acceptors (Lipinski definition) is 7. The molecule has 0 aliphatic carbocycles. The smallest absolute Gasteiger partial charge is 0.245 e. The van der Waals surface area contributed by atoms with E-state index < -0.39 is 6.04 Å². The van der Waals surface area contributed by atoms with E-state index in [1.165, 1.54) is 39.0 Å². The third kappa shape index (κ3) is 6.77. The number of ether oxygens (including phenoxy) is 1. The highest BCUT2D eigenvalue weighted by Gasteiger charge is 2.41. The van der Waals surface area contributed by atoms with Crippen LogP contribution in [0, 0.1) is 6.92 Å². The van der Waals surface area contributed by atoms with Gasteiger partial charge in [-0.15, -0.1) is 0 Å². The van der Waals surface area contributed by atoms with E-state index in [4.69, 9.17) is 9.84 Å². The molecule has 3 aromatic heterocycles. The fourth-order valence-corrected chi connectivity index (χ4v) is 7.20. The van der Waals surface area contributed by atoms with Gasteiger partial charge in [-0.3, -0.25) is 19.1 Å². The van der Waals surface area contributed by atoms with Gasteiger partial charge < -0.3 is 9.64 Å². The molecular formula is C36H46N6O4. The van der Waals surface area contributed by atoms with Crippen LogP contribution in [0.15, 0.2) is 30.6 Å². The van der Waals surface area contributed by atoms with E-state index in [2.05, 4.69) is 16.1 Å². The average Bonchev–Trinajstić information content (AvgIpc) is 3.74. The van der Waals surface area contributed by atoms with Crippen molar-refractivity contribution in [3.8, 4) is 11.1 Å². The fraction of sp³-hybridized carbons (Fsp3) is 0.556. The Morgan fingerprint density at radius 3 is 2.43 bits per heavy atom. The van der Waals surface area contributed by atoms with Crippen LogP contribution in [0.1, 0.15) is 106 Å². The highest BCUT2D eigenvalue weighted by Crippen LogP contribution is 2.32. The van der Waals surface area contributed by atoms with Crippen LogP contribution in [-0.2, 0) is 27.3 Å². The third-order valence-electron chi connectivity index (χ3n) is 9.57. The van der Waals surface area contributed by atoms with E-state index in [0.29, 0.717) is 31.7 Å². The van der Waals surface area contributed by atoms with Crippen molar-refractivity contribution in [2.45, 2.75) is 117 Å². The van der Waals surface area contributed by atoms with Crippen molar-refractivity contribution in [1.29, 1.82) is 0 Å². The van der Waals surface area contributed by atoms with E-state index in [9.17, 15) is 14.4 Å². The molecule has 0 N–H and O–H groups in total. The Labute approximate surface area is 270 Å². The molecule has 4 aromatic rings. The van der Waals surface area contributed by atoms with Crippen LogP contribution in [0.5, 0.6) is 0 Å². The van der Waals surface area contributed by atoms with Gasteiger partial charge in [0.15, 0.2) is 17.2 Å². The minimum atomic E-state index is -0.586. The monoisotopic (exact) mass is 626 g/mol. The number of aryl methyl sites for hydroxylation is 2. The van der Waals surface area contributed by atoms with Crippen molar-refractivity contribution in [3.05, 3.63) is 47.5 Å². The second kappa shape index (κ2) is 14.2. The van der Waals surface area contributed by atoms with E-state index in [1.807, 2.05) is 38.4 Å². The minimum Gasteiger partial charge on any atom is -0.376 e. The number of carbonyl (C=O) groups is 3. The van der Waals surface area contributed by atoms with Gasteiger partial charge in [0.05, 0.1) is 17.3 Å². The Bertz CT molecular complexity index is 1740. The number of carbonyl (C=O) groups excluding carboxylic acids is 3. The molecule has 46 heavy (non-hydrogen) atoms. The average molecular weight is 627 g/mol. The Morgan fingerprint density at radius 2 is 1.70 bits per heavy atom. The number of nitrogens with zero attached hydrogens (tertiary/aromatic N) is 6. The molecule has 2 bridgehead atoms. The van der Waals surface area contributed by atoms with Gasteiger partial charge in [-0.05, 0) is 55.9 Å². The SMILES string of the molecule is CCC(=O)[C@@H]1[C@H]2CCN1C(=O)Cn1nc(C(C)=O)c3cc(-c4cnc5cc(C)nn5c4)cc(c31)CCCCCCCCCCCO2. The van der Waals surface area contributed by atoms with Crippen molar-refractivity contribution in [3.63, 3.8) is 0 Å². The Hall–Kier alpha value is -3.92. The standard InChI is InChI=1S/C36H46N6O4/c1-4-30(44)36-31-15-16-40(36)33(45)23-42-35-26(14-12-10-8-6-5-7-9-11-13-17-46-31)19-27(20-29(35)34(39-42)25(3)43)28-21-37-32-18-24(2)38-41(32)22-28/h18-22,31,36H,4-17,23H2,1-3H3/t31-,36-/m1/s1. The molecule has 1 saturated heterocycles. The lowest BCUT2D eigenvalue weighted by atomic mass is 9.96. The van der Waals surface area contributed by atoms with Gasteiger partial charge >= 0.3 is 0 Å². The van der Waals surface area contributed by atoms with Gasteiger partial charge in [0.1, 0.15) is 18.3 Å². The predicted octanol–water partition coefficient (Wildman–Crippen LogP) is 6.29. The molecule has 1 aromatic carbocycles. The maximum absolute atomic E-state index is 14.0.